The second kappa shape index (κ2) is 16.0. The summed E-state index contributed by atoms with van der Waals surface area (Å²) in [7, 11) is 3.62. The highest BCUT2D eigenvalue weighted by atomic mass is 16.5. The highest BCUT2D eigenvalue weighted by molar-refractivity contribution is 5.98. The molecule has 2 aromatic carbocycles. The second-order valence-electron chi connectivity index (χ2n) is 8.46. The van der Waals surface area contributed by atoms with Crippen LogP contribution in [-0.4, -0.2) is 64.9 Å². The van der Waals surface area contributed by atoms with E-state index in [1.54, 1.807) is 62.2 Å². The van der Waals surface area contributed by atoms with Crippen LogP contribution in [0.15, 0.2) is 59.7 Å². The number of anilines is 2. The summed E-state index contributed by atoms with van der Waals surface area (Å²) < 4.78 is 15.1. The van der Waals surface area contributed by atoms with Gasteiger partial charge in [0.15, 0.2) is 0 Å². The molecule has 0 radical (unpaired) electrons. The van der Waals surface area contributed by atoms with Crippen LogP contribution in [0.2, 0.25) is 0 Å². The third-order valence-electron chi connectivity index (χ3n) is 5.58. The minimum atomic E-state index is -0.672. The number of carbonyl (C=O) groups excluding carboxylic acids is 3. The number of hydrogen-bond acceptors (Lipinski definition) is 10. The smallest absolute Gasteiger partial charge is 0.348 e. The third kappa shape index (κ3) is 9.66. The van der Waals surface area contributed by atoms with Crippen LogP contribution in [0.1, 0.15) is 25.0 Å². The average molecular weight is 545 g/mol. The number of carbonyl (C=O) groups is 3. The van der Waals surface area contributed by atoms with Gasteiger partial charge in [0.05, 0.1) is 19.8 Å². The van der Waals surface area contributed by atoms with Crippen LogP contribution >= 0.6 is 0 Å². The molecule has 0 saturated carbocycles. The molecule has 0 aliphatic heterocycles. The number of rotatable bonds is 13. The maximum absolute atomic E-state index is 12.4. The van der Waals surface area contributed by atoms with Crippen molar-refractivity contribution >= 4 is 41.4 Å². The summed E-state index contributed by atoms with van der Waals surface area (Å²) in [5, 5.41) is 18.3. The highest BCUT2D eigenvalue weighted by Crippen LogP contribution is 2.18. The molecule has 0 aliphatic rings. The van der Waals surface area contributed by atoms with E-state index in [4.69, 9.17) is 19.5 Å². The molecule has 0 amide bonds. The van der Waals surface area contributed by atoms with Gasteiger partial charge in [-0.15, -0.1) is 0 Å². The SMILES string of the molecule is CCOC(=O)C(C#N)=Cc1ccc(N(C)CCOC(=O)CN(C)c2ccc(C=C(C#N)C(=O)OCC)cc2)cc1. The molecule has 0 atom stereocenters. The van der Waals surface area contributed by atoms with Crippen molar-refractivity contribution in [1.29, 1.82) is 10.5 Å². The summed E-state index contributed by atoms with van der Waals surface area (Å²) in [4.78, 5) is 39.6. The fraction of sp³-hybridized carbons (Fsp3) is 0.300. The van der Waals surface area contributed by atoms with E-state index in [2.05, 4.69) is 0 Å². The minimum absolute atomic E-state index is 0.0356. The number of benzene rings is 2. The van der Waals surface area contributed by atoms with Crippen molar-refractivity contribution in [2.24, 2.45) is 0 Å². The predicted octanol–water partition coefficient (Wildman–Crippen LogP) is 3.74. The van der Waals surface area contributed by atoms with Crippen molar-refractivity contribution in [3.8, 4) is 12.1 Å². The summed E-state index contributed by atoms with van der Waals surface area (Å²) in [5.74, 6) is -1.72. The van der Waals surface area contributed by atoms with Crippen LogP contribution in [-0.2, 0) is 28.6 Å². The molecule has 2 rings (SSSR count). The van der Waals surface area contributed by atoms with Gasteiger partial charge in [0.25, 0.3) is 0 Å². The van der Waals surface area contributed by atoms with Crippen molar-refractivity contribution in [2.75, 3.05) is 56.8 Å². The zero-order valence-corrected chi connectivity index (χ0v) is 23.0. The van der Waals surface area contributed by atoms with Gasteiger partial charge in [-0.2, -0.15) is 10.5 Å². The molecule has 0 heterocycles. The Morgan fingerprint density at radius 2 is 1.15 bits per heavy atom. The van der Waals surface area contributed by atoms with E-state index in [1.807, 2.05) is 36.2 Å². The van der Waals surface area contributed by atoms with Crippen LogP contribution in [0.3, 0.4) is 0 Å². The molecule has 0 aromatic heterocycles. The van der Waals surface area contributed by atoms with Crippen LogP contribution in [0.25, 0.3) is 12.2 Å². The molecule has 0 aliphatic carbocycles. The minimum Gasteiger partial charge on any atom is -0.462 e. The van der Waals surface area contributed by atoms with Gasteiger partial charge in [-0.3, -0.25) is 4.79 Å². The monoisotopic (exact) mass is 544 g/mol. The highest BCUT2D eigenvalue weighted by Gasteiger charge is 2.12. The predicted molar refractivity (Wildman–Crippen MR) is 151 cm³/mol. The summed E-state index contributed by atoms with van der Waals surface area (Å²) >= 11 is 0. The van der Waals surface area contributed by atoms with E-state index in [9.17, 15) is 19.6 Å². The van der Waals surface area contributed by atoms with Crippen LogP contribution in [0.5, 0.6) is 0 Å². The van der Waals surface area contributed by atoms with Gasteiger partial charge >= 0.3 is 17.9 Å². The maximum atomic E-state index is 12.4. The molecule has 40 heavy (non-hydrogen) atoms. The Kier molecular flexibility index (Phi) is 12.5. The Bertz CT molecular complexity index is 1320. The van der Waals surface area contributed by atoms with Crippen molar-refractivity contribution in [1.82, 2.24) is 0 Å². The Balaban J connectivity index is 1.86. The van der Waals surface area contributed by atoms with E-state index in [0.29, 0.717) is 17.7 Å². The number of nitriles is 2. The van der Waals surface area contributed by atoms with E-state index >= 15 is 0 Å². The standard InChI is InChI=1S/C30H32N4O6/c1-5-38-29(36)24(19-31)17-22-7-11-26(12-8-22)33(3)15-16-40-28(35)21-34(4)27-13-9-23(10-14-27)18-25(20-32)30(37)39-6-2/h7-14,17-18H,5-6,15-16,21H2,1-4H3. The van der Waals surface area contributed by atoms with E-state index in [1.165, 1.54) is 12.2 Å². The molecular formula is C30H32N4O6. The number of nitrogens with zero attached hydrogens (tertiary/aromatic N) is 4. The number of ether oxygens (including phenoxy) is 3. The lowest BCUT2D eigenvalue weighted by Crippen LogP contribution is -2.30. The lowest BCUT2D eigenvalue weighted by molar-refractivity contribution is -0.141. The van der Waals surface area contributed by atoms with Gasteiger partial charge in [0, 0.05) is 25.5 Å². The zero-order valence-electron chi connectivity index (χ0n) is 23.0. The fourth-order valence-corrected chi connectivity index (χ4v) is 3.43. The quantitative estimate of drug-likeness (QED) is 0.159. The molecule has 0 bridgehead atoms. The summed E-state index contributed by atoms with van der Waals surface area (Å²) in [6.45, 7) is 4.40. The zero-order chi connectivity index (χ0) is 29.5. The number of hydrogen-bond donors (Lipinski definition) is 0. The van der Waals surface area contributed by atoms with Gasteiger partial charge in [-0.05, 0) is 61.4 Å². The second-order valence-corrected chi connectivity index (χ2v) is 8.46. The average Bonchev–Trinajstić information content (AvgIpc) is 2.95. The van der Waals surface area contributed by atoms with Crippen molar-refractivity contribution in [3.05, 3.63) is 70.8 Å². The van der Waals surface area contributed by atoms with Crippen LogP contribution in [0, 0.1) is 22.7 Å². The number of esters is 3. The van der Waals surface area contributed by atoms with E-state index in [-0.39, 0.29) is 37.5 Å². The molecule has 0 unspecified atom stereocenters. The van der Waals surface area contributed by atoms with Crippen LogP contribution in [0.4, 0.5) is 11.4 Å². The Morgan fingerprint density at radius 3 is 1.55 bits per heavy atom. The lowest BCUT2D eigenvalue weighted by atomic mass is 10.1. The fourth-order valence-electron chi connectivity index (χ4n) is 3.43. The van der Waals surface area contributed by atoms with Crippen molar-refractivity contribution < 1.29 is 28.6 Å². The summed E-state index contributed by atoms with van der Waals surface area (Å²) in [6.07, 6.45) is 2.92. The lowest BCUT2D eigenvalue weighted by Gasteiger charge is -2.21. The first kappa shape index (κ1) is 31.1. The molecule has 0 saturated heterocycles. The Hall–Kier alpha value is -5.09. The van der Waals surface area contributed by atoms with Crippen molar-refractivity contribution in [3.63, 3.8) is 0 Å². The van der Waals surface area contributed by atoms with Crippen molar-refractivity contribution in [2.45, 2.75) is 13.8 Å². The first-order valence-corrected chi connectivity index (χ1v) is 12.6. The molecule has 0 spiro atoms. The maximum Gasteiger partial charge on any atom is 0.348 e. The van der Waals surface area contributed by atoms with Gasteiger partial charge in [0.2, 0.25) is 0 Å². The molecule has 0 N–H and O–H groups in total. The molecular weight excluding hydrogens is 512 g/mol. The van der Waals surface area contributed by atoms with E-state index in [0.717, 1.165) is 11.4 Å². The van der Waals surface area contributed by atoms with Crippen LogP contribution < -0.4 is 9.80 Å². The number of likely N-dealkylation sites (N-methyl/N-ethyl adjacent to an activating group) is 2. The normalized spacial score (nSPS) is 11.1. The molecule has 10 nitrogen and oxygen atoms in total. The van der Waals surface area contributed by atoms with E-state index < -0.39 is 17.9 Å². The van der Waals surface area contributed by atoms with Gasteiger partial charge in [-0.25, -0.2) is 9.59 Å². The molecule has 2 aromatic rings. The summed E-state index contributed by atoms with van der Waals surface area (Å²) in [5.41, 5.74) is 2.81. The summed E-state index contributed by atoms with van der Waals surface area (Å²) in [6, 6.07) is 18.0. The third-order valence-corrected chi connectivity index (χ3v) is 5.58. The Labute approximate surface area is 234 Å². The molecule has 0 fully saturated rings. The molecule has 10 heteroatoms. The topological polar surface area (TPSA) is 133 Å². The van der Waals surface area contributed by atoms with Gasteiger partial charge < -0.3 is 24.0 Å². The largest absolute Gasteiger partial charge is 0.462 e. The Morgan fingerprint density at radius 1 is 0.725 bits per heavy atom. The first-order valence-electron chi connectivity index (χ1n) is 12.6. The van der Waals surface area contributed by atoms with Gasteiger partial charge in [-0.1, -0.05) is 24.3 Å². The van der Waals surface area contributed by atoms with Gasteiger partial charge in [0.1, 0.15) is 36.4 Å². The molecule has 208 valence electrons. The first-order chi connectivity index (χ1) is 19.2.